The van der Waals surface area contributed by atoms with Crippen LogP contribution in [0.4, 0.5) is 34.1 Å². The van der Waals surface area contributed by atoms with Gasteiger partial charge >= 0.3 is 7.60 Å². The molecular formula is C113H128Cl3N16O14P. The van der Waals surface area contributed by atoms with Crippen molar-refractivity contribution >= 4 is 133 Å². The molecule has 6 aromatic carbocycles. The Bertz CT molecular complexity index is 6440. The normalized spacial score (nSPS) is 16.0. The van der Waals surface area contributed by atoms with Crippen molar-refractivity contribution in [1.82, 2.24) is 49.5 Å². The minimum Gasteiger partial charge on any atom is -0.494 e. The molecule has 147 heavy (non-hydrogen) atoms. The molecule has 4 aliphatic rings. The summed E-state index contributed by atoms with van der Waals surface area (Å²) in [4.78, 5) is 84.8. The van der Waals surface area contributed by atoms with Crippen LogP contribution >= 0.6 is 42.4 Å². The molecule has 6 aromatic heterocycles. The van der Waals surface area contributed by atoms with Crippen LogP contribution in [0, 0.1) is 34.0 Å². The van der Waals surface area contributed by atoms with E-state index in [9.17, 15) is 39.5 Å². The van der Waals surface area contributed by atoms with Gasteiger partial charge in [-0.05, 0) is 262 Å². The van der Waals surface area contributed by atoms with Crippen LogP contribution in [-0.4, -0.2) is 203 Å². The van der Waals surface area contributed by atoms with Gasteiger partial charge in [0.15, 0.2) is 11.6 Å². The summed E-state index contributed by atoms with van der Waals surface area (Å²) in [7, 11) is 4.71. The summed E-state index contributed by atoms with van der Waals surface area (Å²) < 4.78 is 58.8. The Morgan fingerprint density at radius 1 is 0.422 bits per heavy atom. The van der Waals surface area contributed by atoms with Crippen molar-refractivity contribution in [3.8, 4) is 52.7 Å². The molecule has 0 saturated carbocycles. The van der Waals surface area contributed by atoms with Gasteiger partial charge in [0.05, 0.1) is 128 Å². The SMILES string of the molecule is CCOc1cc2ncc(C#N)c(Nc3ccc(OCc4ccccn4)c(Cl)c3)c2cc1CC(=O)/C=C/C1CCCCN1C.CCOc1cc2ncc(C#N)c(Nc3ccc(OCc4ccccn4)c(Cl)c3)c2cc1CC(=O)/C=C/C1CCCCN1C.CCOc1cc2ncc(C#N)c(Nc3ccc(OCc4ccccn4)c(Cl)c3)c2cc1CC(=O)CP(=O)(OCC)OCC.CN1CCCCC1C=O.CN1CCCCC1CO. The zero-order valence-electron chi connectivity index (χ0n) is 84.7. The molecule has 4 saturated heterocycles. The number of ketones is 3. The molecule has 0 radical (unpaired) electrons. The summed E-state index contributed by atoms with van der Waals surface area (Å²) in [6, 6.07) is 51.5. The number of ether oxygens (including phenoxy) is 6. The zero-order chi connectivity index (χ0) is 105. The number of aliphatic hydroxyl groups excluding tert-OH is 1. The number of likely N-dealkylation sites (tertiary alicyclic amines) is 4. The third kappa shape index (κ3) is 33.1. The average Bonchev–Trinajstić information content (AvgIpc) is 0.764. The van der Waals surface area contributed by atoms with Crippen molar-refractivity contribution in [1.29, 1.82) is 15.8 Å². The van der Waals surface area contributed by atoms with E-state index in [0.717, 1.165) is 79.9 Å². The number of nitriles is 3. The maximum atomic E-state index is 13.1. The third-order valence-electron chi connectivity index (χ3n) is 25.2. The van der Waals surface area contributed by atoms with E-state index in [0.29, 0.717) is 166 Å². The molecule has 12 aromatic rings. The van der Waals surface area contributed by atoms with E-state index in [-0.39, 0.29) is 99.5 Å². The van der Waals surface area contributed by atoms with Gasteiger partial charge in [0, 0.05) is 143 Å². The largest absolute Gasteiger partial charge is 0.494 e. The van der Waals surface area contributed by atoms with E-state index in [2.05, 4.69) is 105 Å². The van der Waals surface area contributed by atoms with Crippen LogP contribution in [-0.2, 0) is 71.9 Å². The number of fused-ring (bicyclic) bond motifs is 3. The molecule has 4 N–H and O–H groups in total. The van der Waals surface area contributed by atoms with Crippen LogP contribution in [0.1, 0.15) is 162 Å². The molecule has 0 amide bonds. The van der Waals surface area contributed by atoms with Crippen LogP contribution < -0.4 is 44.4 Å². The third-order valence-corrected chi connectivity index (χ3v) is 28.2. The number of piperidine rings is 4. The lowest BCUT2D eigenvalue weighted by Crippen LogP contribution is -2.38. The number of hydrogen-bond donors (Lipinski definition) is 4. The minimum atomic E-state index is -3.58. The number of hydrogen-bond acceptors (Lipinski definition) is 30. The summed E-state index contributed by atoms with van der Waals surface area (Å²) in [6.45, 7) is 16.1. The number of aliphatic hydroxyl groups is 1. The van der Waals surface area contributed by atoms with Crippen LogP contribution in [0.3, 0.4) is 0 Å². The maximum absolute atomic E-state index is 13.1. The molecule has 16 rings (SSSR count). The van der Waals surface area contributed by atoms with Gasteiger partial charge in [-0.3, -0.25) is 63.6 Å². The van der Waals surface area contributed by atoms with Gasteiger partial charge in [0.2, 0.25) is 0 Å². The predicted octanol–water partition coefficient (Wildman–Crippen LogP) is 22.4. The van der Waals surface area contributed by atoms with Crippen LogP contribution in [0.2, 0.25) is 15.1 Å². The van der Waals surface area contributed by atoms with Gasteiger partial charge in [-0.2, -0.15) is 15.8 Å². The number of nitrogens with zero attached hydrogens (tertiary/aromatic N) is 13. The fourth-order valence-electron chi connectivity index (χ4n) is 17.4. The van der Waals surface area contributed by atoms with Crippen molar-refractivity contribution in [2.75, 3.05) is 116 Å². The van der Waals surface area contributed by atoms with Crippen LogP contribution in [0.15, 0.2) is 207 Å². The van der Waals surface area contributed by atoms with Gasteiger partial charge in [0.1, 0.15) is 90.8 Å². The molecule has 0 bridgehead atoms. The summed E-state index contributed by atoms with van der Waals surface area (Å²) in [5.41, 5.74) is 10.8. The van der Waals surface area contributed by atoms with Crippen LogP contribution in [0.25, 0.3) is 32.7 Å². The van der Waals surface area contributed by atoms with Gasteiger partial charge < -0.3 is 68.2 Å². The number of rotatable bonds is 39. The number of Topliss-reactive ketones (excluding diaryl/α,β-unsaturated/α-hetero) is 1. The van der Waals surface area contributed by atoms with E-state index < -0.39 is 7.60 Å². The predicted molar refractivity (Wildman–Crippen MR) is 577 cm³/mol. The fraction of sp³-hybridized carbons (Fsp3) is 0.372. The van der Waals surface area contributed by atoms with Gasteiger partial charge in [-0.15, -0.1) is 0 Å². The summed E-state index contributed by atoms with van der Waals surface area (Å²) in [6.07, 6.45) is 32.1. The Labute approximate surface area is 875 Å². The molecule has 10 heterocycles. The Morgan fingerprint density at radius 2 is 0.762 bits per heavy atom. The molecule has 4 atom stereocenters. The van der Waals surface area contributed by atoms with Crippen molar-refractivity contribution in [2.45, 2.75) is 175 Å². The molecule has 34 heteroatoms. The number of anilines is 6. The van der Waals surface area contributed by atoms with E-state index in [4.69, 9.17) is 77.4 Å². The Balaban J connectivity index is 0.000000179. The number of allylic oxidation sites excluding steroid dienone is 2. The average molecular weight is 2070 g/mol. The number of aldehydes is 1. The standard InChI is InChI=1S/2C34H34ClN5O3.C31H32ClN4O6P.C7H15NO.C7H13NO/c2*1-3-42-33-19-31-29(17-23(33)16-28(41)12-11-27-9-5-7-15-40(27)2)34(24(20-36)21-38-31)39-25-10-13-32(30(35)18-25)43-22-26-8-4-6-14-37-26;1-4-39-30-16-28-26(14-21(30)13-25(37)20-43(38,41-5-2)42-6-3)31(22(17-33)18-35-28)36-23-10-11-29(27(32)15-23)40-19-24-9-7-8-12-34-24;2*1-8-5-3-2-4-7(8)6-9/h2*4,6,8,10-14,17-19,21,27H,3,5,7,9,15-16,22H2,1-2H3,(H,38,39);7-12,14-16,18H,4-6,13,19-20H2,1-3H3,(H,35,36);7,9H,2-6H2,1H3;6-7H,2-5H2,1H3/b2*12-11+;;;. The molecule has 0 spiro atoms. The zero-order valence-corrected chi connectivity index (χ0v) is 87.8. The maximum Gasteiger partial charge on any atom is 0.338 e. The summed E-state index contributed by atoms with van der Waals surface area (Å²) >= 11 is 19.6. The van der Waals surface area contributed by atoms with E-state index in [1.165, 1.54) is 76.4 Å². The second kappa shape index (κ2) is 57.7. The van der Waals surface area contributed by atoms with Crippen molar-refractivity contribution in [2.24, 2.45) is 0 Å². The molecule has 0 aliphatic carbocycles. The number of aromatic nitrogens is 6. The summed E-state index contributed by atoms with van der Waals surface area (Å²) in [5, 5.41) is 51.8. The molecule has 4 unspecified atom stereocenters. The molecule has 4 fully saturated rings. The first-order valence-electron chi connectivity index (χ1n) is 49.8. The summed E-state index contributed by atoms with van der Waals surface area (Å²) in [5.74, 6) is 2.85. The number of likely N-dealkylation sites (N-methyl/N-ethyl adjacent to an activating group) is 4. The first-order valence-corrected chi connectivity index (χ1v) is 52.7. The number of nitrogens with one attached hydrogen (secondary N) is 3. The molecule has 30 nitrogen and oxygen atoms in total. The number of carbonyl (C=O) groups excluding carboxylic acids is 4. The lowest BCUT2D eigenvalue weighted by atomic mass is 9.99. The number of pyridine rings is 6. The fourth-order valence-corrected chi connectivity index (χ4v) is 19.7. The Kier molecular flexibility index (Phi) is 44.1. The lowest BCUT2D eigenvalue weighted by molar-refractivity contribution is -0.116. The molecular weight excluding hydrogens is 1940 g/mol. The molecule has 4 aliphatic heterocycles. The number of carbonyl (C=O) groups is 4. The van der Waals surface area contributed by atoms with E-state index >= 15 is 0 Å². The molecule has 770 valence electrons. The highest BCUT2D eigenvalue weighted by Crippen LogP contribution is 2.49. The minimum absolute atomic E-state index is 0.00810. The Hall–Kier alpha value is -13.4. The van der Waals surface area contributed by atoms with Gasteiger partial charge in [-0.25, -0.2) is 0 Å². The smallest absolute Gasteiger partial charge is 0.338 e. The van der Waals surface area contributed by atoms with E-state index in [1.807, 2.05) is 131 Å². The highest BCUT2D eigenvalue weighted by atomic mass is 35.5. The number of halogens is 3. The quantitative estimate of drug-likeness (QED) is 0.0158. The topological polar surface area (TPSA) is 377 Å². The number of benzene rings is 6. The second-order valence-corrected chi connectivity index (χ2v) is 39.0. The van der Waals surface area contributed by atoms with Gasteiger partial charge in [-0.1, -0.05) is 90.8 Å². The first kappa shape index (κ1) is 112. The van der Waals surface area contributed by atoms with E-state index in [1.54, 1.807) is 99.2 Å². The van der Waals surface area contributed by atoms with Gasteiger partial charge in [0.25, 0.3) is 0 Å². The highest BCUT2D eigenvalue weighted by molar-refractivity contribution is 7.54. The van der Waals surface area contributed by atoms with Crippen LogP contribution in [0.5, 0.6) is 34.5 Å². The lowest BCUT2D eigenvalue weighted by Gasteiger charge is -2.30. The highest BCUT2D eigenvalue weighted by Gasteiger charge is 2.30. The Morgan fingerprint density at radius 3 is 1.05 bits per heavy atom. The van der Waals surface area contributed by atoms with Crippen molar-refractivity contribution in [3.05, 3.63) is 273 Å². The van der Waals surface area contributed by atoms with Crippen molar-refractivity contribution in [3.63, 3.8) is 0 Å². The first-order chi connectivity index (χ1) is 71.4. The monoisotopic (exact) mass is 2070 g/mol. The van der Waals surface area contributed by atoms with Crippen molar-refractivity contribution < 1.29 is 66.3 Å². The second-order valence-electron chi connectivity index (χ2n) is 35.8.